The molecule has 0 amide bonds. The van der Waals surface area contributed by atoms with Crippen molar-refractivity contribution >= 4 is 8.32 Å². The molecule has 0 unspecified atom stereocenters. The minimum atomic E-state index is -2.00. The molecule has 0 aromatic carbocycles. The van der Waals surface area contributed by atoms with Crippen LogP contribution in [0.5, 0.6) is 0 Å². The molecule has 0 bridgehead atoms. The van der Waals surface area contributed by atoms with E-state index >= 15 is 0 Å². The summed E-state index contributed by atoms with van der Waals surface area (Å²) in [6, 6.07) is 8.47. The minimum absolute atomic E-state index is 0.455. The zero-order valence-electron chi connectivity index (χ0n) is 8.99. The van der Waals surface area contributed by atoms with Crippen molar-refractivity contribution in [3.8, 4) is 18.2 Å². The Morgan fingerprint density at radius 3 is 1.40 bits per heavy atom. The molecule has 4 nitrogen and oxygen atoms in total. The quantitative estimate of drug-likeness (QED) is 0.618. The largest absolute Gasteiger partial charge is 0.420 e. The van der Waals surface area contributed by atoms with E-state index in [-0.39, 0.29) is 0 Å². The minimum Gasteiger partial charge on any atom is -0.420 e. The van der Waals surface area contributed by atoms with Crippen LogP contribution in [0.25, 0.3) is 0 Å². The van der Waals surface area contributed by atoms with Crippen LogP contribution >= 0.6 is 0 Å². The van der Waals surface area contributed by atoms with Gasteiger partial charge in [-0.3, -0.25) is 0 Å². The first-order chi connectivity index (χ1) is 7.24. The summed E-state index contributed by atoms with van der Waals surface area (Å²) in [5, 5.41) is 25.7. The summed E-state index contributed by atoms with van der Waals surface area (Å²) in [7, 11) is -0.363. The van der Waals surface area contributed by atoms with Crippen molar-refractivity contribution < 1.29 is 4.43 Å². The molecular formula is C10H15N3OSi. The molecule has 0 aromatic rings. The second-order valence-electron chi connectivity index (χ2n) is 3.36. The normalized spacial score (nSPS) is 10.0. The van der Waals surface area contributed by atoms with Crippen LogP contribution in [0.4, 0.5) is 0 Å². The van der Waals surface area contributed by atoms with Gasteiger partial charge in [0.2, 0.25) is 0 Å². The van der Waals surface area contributed by atoms with Gasteiger partial charge in [-0.1, -0.05) is 0 Å². The summed E-state index contributed by atoms with van der Waals surface area (Å²) in [6.45, 7) is 0. The van der Waals surface area contributed by atoms with Crippen LogP contribution in [-0.4, -0.2) is 15.4 Å². The lowest BCUT2D eigenvalue weighted by molar-refractivity contribution is 0.389. The Balaban J connectivity index is 4.40. The molecule has 80 valence electrons. The average Bonchev–Trinajstić information content (AvgIpc) is 2.29. The van der Waals surface area contributed by atoms with E-state index in [1.54, 1.807) is 7.11 Å². The predicted molar refractivity (Wildman–Crippen MR) is 57.9 cm³/mol. The molecule has 0 aliphatic heterocycles. The fraction of sp³-hybridized carbons (Fsp3) is 0.700. The van der Waals surface area contributed by atoms with Gasteiger partial charge < -0.3 is 4.43 Å². The third-order valence-electron chi connectivity index (χ3n) is 2.51. The number of hydrogen-bond donors (Lipinski definition) is 0. The van der Waals surface area contributed by atoms with E-state index in [1.807, 2.05) is 0 Å². The molecule has 0 saturated carbocycles. The van der Waals surface area contributed by atoms with Gasteiger partial charge in [0.25, 0.3) is 0 Å². The average molecular weight is 221 g/mol. The van der Waals surface area contributed by atoms with Gasteiger partial charge in [0, 0.05) is 26.4 Å². The molecule has 0 heterocycles. The Morgan fingerprint density at radius 2 is 1.20 bits per heavy atom. The number of hydrogen-bond acceptors (Lipinski definition) is 4. The first-order valence-corrected chi connectivity index (χ1v) is 7.43. The van der Waals surface area contributed by atoms with Gasteiger partial charge in [0.1, 0.15) is 0 Å². The highest BCUT2D eigenvalue weighted by atomic mass is 28.4. The summed E-state index contributed by atoms with van der Waals surface area (Å²) in [6.07, 6.45) is 1.37. The Morgan fingerprint density at radius 1 is 0.867 bits per heavy atom. The molecule has 15 heavy (non-hydrogen) atoms. The highest BCUT2D eigenvalue weighted by Crippen LogP contribution is 2.26. The number of nitrogens with zero attached hydrogens (tertiary/aromatic N) is 3. The second-order valence-corrected chi connectivity index (χ2v) is 7.64. The van der Waals surface area contributed by atoms with E-state index in [0.717, 1.165) is 18.1 Å². The van der Waals surface area contributed by atoms with Crippen LogP contribution in [0.2, 0.25) is 18.1 Å². The Hall–Kier alpha value is -1.35. The van der Waals surface area contributed by atoms with Gasteiger partial charge in [-0.2, -0.15) is 15.8 Å². The van der Waals surface area contributed by atoms with E-state index in [4.69, 9.17) is 20.2 Å². The summed E-state index contributed by atoms with van der Waals surface area (Å²) >= 11 is 0. The molecule has 0 saturated heterocycles. The number of rotatable bonds is 7. The first-order valence-electron chi connectivity index (χ1n) is 4.90. The van der Waals surface area contributed by atoms with Gasteiger partial charge in [-0.05, 0) is 18.1 Å². The molecule has 0 rings (SSSR count). The van der Waals surface area contributed by atoms with Crippen molar-refractivity contribution in [3.63, 3.8) is 0 Å². The topological polar surface area (TPSA) is 80.6 Å². The van der Waals surface area contributed by atoms with Crippen molar-refractivity contribution in [2.75, 3.05) is 7.11 Å². The molecular weight excluding hydrogens is 206 g/mol. The third-order valence-corrected chi connectivity index (χ3v) is 6.86. The Kier molecular flexibility index (Phi) is 7.28. The van der Waals surface area contributed by atoms with Gasteiger partial charge in [-0.25, -0.2) is 0 Å². The van der Waals surface area contributed by atoms with Crippen molar-refractivity contribution in [2.24, 2.45) is 0 Å². The standard InChI is InChI=1S/C10H15N3OSi/c1-14-15(8-2-5-11,9-3-6-12)10-4-7-13/h2-4,8-10H2,1H3. The summed E-state index contributed by atoms with van der Waals surface area (Å²) in [5.41, 5.74) is 0. The van der Waals surface area contributed by atoms with Crippen LogP contribution < -0.4 is 0 Å². The Labute approximate surface area is 91.8 Å². The van der Waals surface area contributed by atoms with E-state index in [2.05, 4.69) is 18.2 Å². The lowest BCUT2D eigenvalue weighted by atomic mass is 10.5. The van der Waals surface area contributed by atoms with Crippen LogP contribution in [-0.2, 0) is 4.43 Å². The summed E-state index contributed by atoms with van der Waals surface area (Å²) in [5.74, 6) is 0. The molecule has 0 fully saturated rings. The summed E-state index contributed by atoms with van der Waals surface area (Å²) < 4.78 is 5.53. The van der Waals surface area contributed by atoms with Gasteiger partial charge in [0.05, 0.1) is 18.2 Å². The summed E-state index contributed by atoms with van der Waals surface area (Å²) in [4.78, 5) is 0. The molecule has 0 N–H and O–H groups in total. The van der Waals surface area contributed by atoms with Crippen molar-refractivity contribution in [1.29, 1.82) is 15.8 Å². The zero-order chi connectivity index (χ0) is 11.6. The zero-order valence-corrected chi connectivity index (χ0v) is 9.99. The lowest BCUT2D eigenvalue weighted by Crippen LogP contribution is -2.36. The molecule has 0 spiro atoms. The van der Waals surface area contributed by atoms with Crippen LogP contribution in [0.15, 0.2) is 0 Å². The number of nitriles is 3. The molecule has 0 radical (unpaired) electrons. The van der Waals surface area contributed by atoms with Gasteiger partial charge in [0.15, 0.2) is 8.32 Å². The van der Waals surface area contributed by atoms with Gasteiger partial charge in [-0.15, -0.1) is 0 Å². The first kappa shape index (κ1) is 13.6. The predicted octanol–water partition coefficient (Wildman–Crippen LogP) is 2.32. The van der Waals surface area contributed by atoms with Gasteiger partial charge >= 0.3 is 0 Å². The molecule has 5 heteroatoms. The third kappa shape index (κ3) is 5.17. The van der Waals surface area contributed by atoms with Crippen LogP contribution in [0.1, 0.15) is 19.3 Å². The van der Waals surface area contributed by atoms with Crippen molar-refractivity contribution in [1.82, 2.24) is 0 Å². The maximum absolute atomic E-state index is 8.56. The smallest absolute Gasteiger partial charge is 0.195 e. The van der Waals surface area contributed by atoms with E-state index in [1.165, 1.54) is 0 Å². The van der Waals surface area contributed by atoms with E-state index in [9.17, 15) is 0 Å². The SMILES string of the molecule is CO[Si](CCC#N)(CCC#N)CCC#N. The van der Waals surface area contributed by atoms with E-state index in [0.29, 0.717) is 19.3 Å². The van der Waals surface area contributed by atoms with Crippen molar-refractivity contribution in [3.05, 3.63) is 0 Å². The molecule has 0 aromatic heterocycles. The monoisotopic (exact) mass is 221 g/mol. The molecule has 0 aliphatic carbocycles. The van der Waals surface area contributed by atoms with Crippen LogP contribution in [0, 0.1) is 34.0 Å². The molecule has 0 aliphatic rings. The highest BCUT2D eigenvalue weighted by Gasteiger charge is 2.32. The van der Waals surface area contributed by atoms with Crippen molar-refractivity contribution in [2.45, 2.75) is 37.4 Å². The van der Waals surface area contributed by atoms with Crippen LogP contribution in [0.3, 0.4) is 0 Å². The maximum Gasteiger partial charge on any atom is 0.195 e. The lowest BCUT2D eigenvalue weighted by Gasteiger charge is -2.27. The fourth-order valence-electron chi connectivity index (χ4n) is 1.53. The second kappa shape index (κ2) is 8.00. The Bertz CT molecular complexity index is 252. The van der Waals surface area contributed by atoms with E-state index < -0.39 is 8.32 Å². The fourth-order valence-corrected chi connectivity index (χ4v) is 4.60. The maximum atomic E-state index is 8.56. The highest BCUT2D eigenvalue weighted by molar-refractivity contribution is 6.73. The molecule has 0 atom stereocenters.